The Labute approximate surface area is 131 Å². The highest BCUT2D eigenvalue weighted by molar-refractivity contribution is 7.98. The number of anilines is 1. The van der Waals surface area contributed by atoms with Gasteiger partial charge in [-0.05, 0) is 36.4 Å². The first-order valence-corrected chi connectivity index (χ1v) is 7.62. The lowest BCUT2D eigenvalue weighted by molar-refractivity contribution is 0.573. The Morgan fingerprint density at radius 3 is 2.67 bits per heavy atom. The van der Waals surface area contributed by atoms with Gasteiger partial charge < -0.3 is 10.2 Å². The second-order valence-electron chi connectivity index (χ2n) is 4.36. The molecule has 2 aromatic heterocycles. The zero-order chi connectivity index (χ0) is 14.7. The van der Waals surface area contributed by atoms with Crippen molar-refractivity contribution in [2.45, 2.75) is 10.6 Å². The number of nitrogens with zero attached hydrogens (tertiary/aromatic N) is 2. The van der Waals surface area contributed by atoms with Gasteiger partial charge in [-0.25, -0.2) is 9.97 Å². The first-order valence-electron chi connectivity index (χ1n) is 6.25. The van der Waals surface area contributed by atoms with Gasteiger partial charge in [0.25, 0.3) is 0 Å². The highest BCUT2D eigenvalue weighted by Crippen LogP contribution is 2.25. The number of pyridine rings is 1. The average molecular weight is 318 g/mol. The zero-order valence-electron chi connectivity index (χ0n) is 11.0. The predicted octanol–water partition coefficient (Wildman–Crippen LogP) is 4.26. The van der Waals surface area contributed by atoms with Crippen molar-refractivity contribution in [3.63, 3.8) is 0 Å². The van der Waals surface area contributed by atoms with Crippen molar-refractivity contribution < 1.29 is 4.42 Å². The second kappa shape index (κ2) is 6.20. The molecule has 0 radical (unpaired) electrons. The van der Waals surface area contributed by atoms with Crippen LogP contribution in [-0.2, 0) is 5.75 Å². The molecule has 0 amide bonds. The first-order chi connectivity index (χ1) is 10.2. The fourth-order valence-electron chi connectivity index (χ4n) is 1.73. The maximum atomic E-state index is 5.86. The maximum absolute atomic E-state index is 5.86. The van der Waals surface area contributed by atoms with Gasteiger partial charge in [0.2, 0.25) is 5.89 Å². The molecule has 0 aliphatic carbocycles. The number of hydrogen-bond acceptors (Lipinski definition) is 5. The van der Waals surface area contributed by atoms with Gasteiger partial charge in [0.15, 0.2) is 0 Å². The molecule has 0 aliphatic rings. The van der Waals surface area contributed by atoms with Crippen LogP contribution in [0.4, 0.5) is 5.82 Å². The highest BCUT2D eigenvalue weighted by Gasteiger charge is 2.07. The third kappa shape index (κ3) is 3.56. The van der Waals surface area contributed by atoms with Crippen LogP contribution in [0.15, 0.2) is 58.2 Å². The summed E-state index contributed by atoms with van der Waals surface area (Å²) in [6.07, 6.45) is 3.42. The summed E-state index contributed by atoms with van der Waals surface area (Å²) in [4.78, 5) is 9.56. The van der Waals surface area contributed by atoms with Gasteiger partial charge in [0.05, 0.1) is 5.69 Å². The minimum Gasteiger partial charge on any atom is -0.444 e. The zero-order valence-corrected chi connectivity index (χ0v) is 12.6. The van der Waals surface area contributed by atoms with Gasteiger partial charge in [-0.1, -0.05) is 11.6 Å². The molecular formula is C15H12ClN3OS. The van der Waals surface area contributed by atoms with Gasteiger partial charge >= 0.3 is 0 Å². The van der Waals surface area contributed by atoms with Crippen molar-refractivity contribution in [1.29, 1.82) is 0 Å². The molecule has 6 heteroatoms. The Morgan fingerprint density at radius 1 is 1.14 bits per heavy atom. The molecule has 0 unspecified atom stereocenters. The first kappa shape index (κ1) is 14.0. The third-order valence-corrected chi connectivity index (χ3v) is 4.06. The molecule has 0 aliphatic heterocycles. The number of nitrogens with two attached hydrogens (primary N) is 1. The van der Waals surface area contributed by atoms with E-state index in [0.717, 1.165) is 16.2 Å². The van der Waals surface area contributed by atoms with Gasteiger partial charge in [-0.2, -0.15) is 0 Å². The third-order valence-electron chi connectivity index (χ3n) is 2.79. The Hall–Kier alpha value is -1.98. The molecule has 21 heavy (non-hydrogen) atoms. The summed E-state index contributed by atoms with van der Waals surface area (Å²) in [5, 5.41) is 0.692. The van der Waals surface area contributed by atoms with E-state index in [9.17, 15) is 0 Å². The molecule has 106 valence electrons. The number of halogens is 1. The SMILES string of the molecule is Nc1ccc(SCc2coc(-c3ccc(Cl)cc3)n2)cn1. The summed E-state index contributed by atoms with van der Waals surface area (Å²) in [6, 6.07) is 11.1. The standard InChI is InChI=1S/C15H12ClN3OS/c16-11-3-1-10(2-4-11)15-19-12(8-20-15)9-21-13-5-6-14(17)18-7-13/h1-8H,9H2,(H2,17,18). The van der Waals surface area contributed by atoms with Crippen molar-refractivity contribution in [3.05, 3.63) is 59.6 Å². The van der Waals surface area contributed by atoms with Crippen LogP contribution >= 0.6 is 23.4 Å². The van der Waals surface area contributed by atoms with E-state index >= 15 is 0 Å². The van der Waals surface area contributed by atoms with Crippen LogP contribution < -0.4 is 5.73 Å². The summed E-state index contributed by atoms with van der Waals surface area (Å²) < 4.78 is 5.49. The second-order valence-corrected chi connectivity index (χ2v) is 5.84. The molecule has 2 heterocycles. The number of nitrogen functional groups attached to an aromatic ring is 1. The van der Waals surface area contributed by atoms with E-state index in [1.165, 1.54) is 0 Å². The number of oxazole rings is 1. The number of benzene rings is 1. The van der Waals surface area contributed by atoms with E-state index in [0.29, 0.717) is 22.5 Å². The summed E-state index contributed by atoms with van der Waals surface area (Å²) in [6.45, 7) is 0. The normalized spacial score (nSPS) is 10.7. The molecular weight excluding hydrogens is 306 g/mol. The van der Waals surface area contributed by atoms with Crippen molar-refractivity contribution in [2.24, 2.45) is 0 Å². The molecule has 0 atom stereocenters. The summed E-state index contributed by atoms with van der Waals surface area (Å²) in [5.74, 6) is 1.83. The van der Waals surface area contributed by atoms with E-state index in [-0.39, 0.29) is 0 Å². The van der Waals surface area contributed by atoms with E-state index in [4.69, 9.17) is 21.8 Å². The molecule has 1 aromatic carbocycles. The Balaban J connectivity index is 1.67. The minimum atomic E-state index is 0.519. The van der Waals surface area contributed by atoms with Crippen LogP contribution in [-0.4, -0.2) is 9.97 Å². The topological polar surface area (TPSA) is 64.9 Å². The van der Waals surface area contributed by atoms with Gasteiger partial charge in [-0.3, -0.25) is 0 Å². The van der Waals surface area contributed by atoms with Crippen LogP contribution in [0.1, 0.15) is 5.69 Å². The lowest BCUT2D eigenvalue weighted by Gasteiger charge is -1.98. The highest BCUT2D eigenvalue weighted by atomic mass is 35.5. The van der Waals surface area contributed by atoms with E-state index < -0.39 is 0 Å². The van der Waals surface area contributed by atoms with Crippen LogP contribution in [0.5, 0.6) is 0 Å². The summed E-state index contributed by atoms with van der Waals surface area (Å²) >= 11 is 7.50. The number of aromatic nitrogens is 2. The molecule has 3 aromatic rings. The molecule has 0 spiro atoms. The van der Waals surface area contributed by atoms with Crippen LogP contribution in [0, 0.1) is 0 Å². The minimum absolute atomic E-state index is 0.519. The summed E-state index contributed by atoms with van der Waals surface area (Å²) in [7, 11) is 0. The fourth-order valence-corrected chi connectivity index (χ4v) is 2.60. The van der Waals surface area contributed by atoms with Crippen molar-refractivity contribution >= 4 is 29.2 Å². The van der Waals surface area contributed by atoms with Gasteiger partial charge in [0.1, 0.15) is 12.1 Å². The van der Waals surface area contributed by atoms with Crippen molar-refractivity contribution in [1.82, 2.24) is 9.97 Å². The lowest BCUT2D eigenvalue weighted by Crippen LogP contribution is -1.88. The van der Waals surface area contributed by atoms with Gasteiger partial charge in [0, 0.05) is 27.4 Å². The molecule has 2 N–H and O–H groups in total. The van der Waals surface area contributed by atoms with E-state index in [2.05, 4.69) is 9.97 Å². The molecule has 0 fully saturated rings. The van der Waals surface area contributed by atoms with Crippen LogP contribution in [0.2, 0.25) is 5.02 Å². The van der Waals surface area contributed by atoms with E-state index in [1.807, 2.05) is 30.3 Å². The molecule has 4 nitrogen and oxygen atoms in total. The van der Waals surface area contributed by atoms with Crippen molar-refractivity contribution in [2.75, 3.05) is 5.73 Å². The predicted molar refractivity (Wildman–Crippen MR) is 85.2 cm³/mol. The molecule has 0 saturated carbocycles. The lowest BCUT2D eigenvalue weighted by atomic mass is 10.2. The largest absolute Gasteiger partial charge is 0.444 e. The Morgan fingerprint density at radius 2 is 1.95 bits per heavy atom. The fraction of sp³-hybridized carbons (Fsp3) is 0.0667. The maximum Gasteiger partial charge on any atom is 0.226 e. The van der Waals surface area contributed by atoms with Crippen molar-refractivity contribution in [3.8, 4) is 11.5 Å². The summed E-state index contributed by atoms with van der Waals surface area (Å²) in [5.41, 5.74) is 7.34. The number of hydrogen-bond donors (Lipinski definition) is 1. The molecule has 3 rings (SSSR count). The Bertz CT molecular complexity index is 725. The smallest absolute Gasteiger partial charge is 0.226 e. The van der Waals surface area contributed by atoms with Crippen LogP contribution in [0.25, 0.3) is 11.5 Å². The van der Waals surface area contributed by atoms with Crippen LogP contribution in [0.3, 0.4) is 0 Å². The number of thioether (sulfide) groups is 1. The monoisotopic (exact) mass is 317 g/mol. The van der Waals surface area contributed by atoms with E-state index in [1.54, 1.807) is 30.3 Å². The average Bonchev–Trinajstić information content (AvgIpc) is 2.96. The molecule has 0 bridgehead atoms. The molecule has 0 saturated heterocycles. The Kier molecular flexibility index (Phi) is 4.13. The van der Waals surface area contributed by atoms with Gasteiger partial charge in [-0.15, -0.1) is 11.8 Å². The number of rotatable bonds is 4. The quantitative estimate of drug-likeness (QED) is 0.728.